The van der Waals surface area contributed by atoms with Gasteiger partial charge < -0.3 is 14.2 Å². The molecule has 76 valence electrons. The number of cyclic esters (lactones) is 2. The molecular weight excluding hydrogens is 188 g/mol. The maximum absolute atomic E-state index is 11.3. The smallest absolute Gasteiger partial charge is 0.450 e. The first kappa shape index (κ1) is 10.4. The van der Waals surface area contributed by atoms with E-state index in [0.717, 1.165) is 0 Å². The fraction of sp³-hybridized carbons (Fsp3) is 0.556. The standard InChI is InChI=1S/C9H10O5/c1-3-4-12-8(10)7-6(2)5-13-9(11)14-7/h1,6-7H,4-5H2,2H3. The fourth-order valence-corrected chi connectivity index (χ4v) is 1.02. The predicted octanol–water partition coefficient (Wildman–Crippen LogP) is 0.334. The van der Waals surface area contributed by atoms with E-state index in [9.17, 15) is 9.59 Å². The van der Waals surface area contributed by atoms with Gasteiger partial charge in [-0.1, -0.05) is 12.8 Å². The first-order chi connectivity index (χ1) is 6.65. The van der Waals surface area contributed by atoms with Crippen molar-refractivity contribution in [3.05, 3.63) is 0 Å². The van der Waals surface area contributed by atoms with Gasteiger partial charge in [0.2, 0.25) is 6.10 Å². The van der Waals surface area contributed by atoms with Gasteiger partial charge in [0.05, 0.1) is 0 Å². The summed E-state index contributed by atoms with van der Waals surface area (Å²) in [6, 6.07) is 0. The molecule has 0 aromatic rings. The molecule has 1 aliphatic rings. The second-order valence-electron chi connectivity index (χ2n) is 2.89. The van der Waals surface area contributed by atoms with Crippen LogP contribution in [0.15, 0.2) is 0 Å². The Morgan fingerprint density at radius 1 is 1.79 bits per heavy atom. The number of hydrogen-bond acceptors (Lipinski definition) is 5. The van der Waals surface area contributed by atoms with Crippen LogP contribution in [0.4, 0.5) is 4.79 Å². The molecule has 2 atom stereocenters. The average Bonchev–Trinajstić information content (AvgIpc) is 2.18. The van der Waals surface area contributed by atoms with Crippen LogP contribution in [0.5, 0.6) is 0 Å². The van der Waals surface area contributed by atoms with Gasteiger partial charge in [-0.2, -0.15) is 0 Å². The molecule has 1 fully saturated rings. The Morgan fingerprint density at radius 3 is 3.14 bits per heavy atom. The van der Waals surface area contributed by atoms with Crippen molar-refractivity contribution in [1.29, 1.82) is 0 Å². The van der Waals surface area contributed by atoms with E-state index in [2.05, 4.69) is 20.1 Å². The molecule has 0 amide bonds. The summed E-state index contributed by atoms with van der Waals surface area (Å²) in [5, 5.41) is 0. The van der Waals surface area contributed by atoms with Crippen LogP contribution in [0.25, 0.3) is 0 Å². The number of carbonyl (C=O) groups excluding carboxylic acids is 2. The fourth-order valence-electron chi connectivity index (χ4n) is 1.02. The van der Waals surface area contributed by atoms with Crippen LogP contribution in [0.2, 0.25) is 0 Å². The van der Waals surface area contributed by atoms with Crippen LogP contribution in [0.1, 0.15) is 6.92 Å². The van der Waals surface area contributed by atoms with Crippen LogP contribution in [0.3, 0.4) is 0 Å². The molecule has 1 rings (SSSR count). The van der Waals surface area contributed by atoms with Crippen molar-refractivity contribution in [3.63, 3.8) is 0 Å². The van der Waals surface area contributed by atoms with Crippen LogP contribution in [0, 0.1) is 18.3 Å². The quantitative estimate of drug-likeness (QED) is 0.472. The van der Waals surface area contributed by atoms with E-state index in [1.807, 2.05) is 0 Å². The molecule has 1 heterocycles. The Morgan fingerprint density at radius 2 is 2.50 bits per heavy atom. The van der Waals surface area contributed by atoms with Gasteiger partial charge in [0.25, 0.3) is 0 Å². The van der Waals surface area contributed by atoms with Gasteiger partial charge in [0.15, 0.2) is 6.61 Å². The third-order valence-electron chi connectivity index (χ3n) is 1.73. The zero-order valence-electron chi connectivity index (χ0n) is 7.69. The first-order valence-corrected chi connectivity index (χ1v) is 4.08. The zero-order chi connectivity index (χ0) is 10.6. The molecular formula is C9H10O5. The summed E-state index contributed by atoms with van der Waals surface area (Å²) in [5.74, 6) is 1.29. The van der Waals surface area contributed by atoms with Gasteiger partial charge in [-0.05, 0) is 0 Å². The summed E-state index contributed by atoms with van der Waals surface area (Å²) in [5.41, 5.74) is 0. The van der Waals surface area contributed by atoms with Crippen LogP contribution in [-0.4, -0.2) is 31.4 Å². The van der Waals surface area contributed by atoms with E-state index in [0.29, 0.717) is 0 Å². The highest BCUT2D eigenvalue weighted by Crippen LogP contribution is 2.16. The topological polar surface area (TPSA) is 61.8 Å². The molecule has 2 unspecified atom stereocenters. The number of carbonyl (C=O) groups is 2. The monoisotopic (exact) mass is 198 g/mol. The van der Waals surface area contributed by atoms with Gasteiger partial charge in [-0.25, -0.2) is 9.59 Å². The normalized spacial score (nSPS) is 25.6. The highest BCUT2D eigenvalue weighted by atomic mass is 16.7. The molecule has 1 saturated heterocycles. The summed E-state index contributed by atoms with van der Waals surface area (Å²) in [6.07, 6.45) is 3.14. The summed E-state index contributed by atoms with van der Waals surface area (Å²) in [7, 11) is 0. The Labute approximate surface area is 81.3 Å². The summed E-state index contributed by atoms with van der Waals surface area (Å²) >= 11 is 0. The van der Waals surface area contributed by atoms with Gasteiger partial charge in [-0.15, -0.1) is 6.42 Å². The highest BCUT2D eigenvalue weighted by molar-refractivity contribution is 5.78. The highest BCUT2D eigenvalue weighted by Gasteiger charge is 2.35. The summed E-state index contributed by atoms with van der Waals surface area (Å²) in [6.45, 7) is 1.74. The van der Waals surface area contributed by atoms with Crippen molar-refractivity contribution < 1.29 is 23.8 Å². The number of hydrogen-bond donors (Lipinski definition) is 0. The lowest BCUT2D eigenvalue weighted by Gasteiger charge is -2.26. The second kappa shape index (κ2) is 4.51. The van der Waals surface area contributed by atoms with Crippen molar-refractivity contribution >= 4 is 12.1 Å². The minimum atomic E-state index is -0.912. The number of ether oxygens (including phenoxy) is 3. The average molecular weight is 198 g/mol. The molecule has 1 aliphatic heterocycles. The van der Waals surface area contributed by atoms with Gasteiger partial charge >= 0.3 is 12.1 Å². The zero-order valence-corrected chi connectivity index (χ0v) is 7.69. The van der Waals surface area contributed by atoms with Crippen molar-refractivity contribution in [1.82, 2.24) is 0 Å². The summed E-state index contributed by atoms with van der Waals surface area (Å²) in [4.78, 5) is 22.0. The van der Waals surface area contributed by atoms with Crippen LogP contribution >= 0.6 is 0 Å². The molecule has 5 heteroatoms. The van der Waals surface area contributed by atoms with Gasteiger partial charge in [-0.3, -0.25) is 0 Å². The lowest BCUT2D eigenvalue weighted by atomic mass is 10.1. The van der Waals surface area contributed by atoms with Crippen molar-refractivity contribution in [2.75, 3.05) is 13.2 Å². The Kier molecular flexibility index (Phi) is 3.35. The SMILES string of the molecule is C#CCOC(=O)C1OC(=O)OCC1C. The molecule has 0 aromatic heterocycles. The molecule has 5 nitrogen and oxygen atoms in total. The lowest BCUT2D eigenvalue weighted by molar-refractivity contribution is -0.162. The maximum atomic E-state index is 11.3. The predicted molar refractivity (Wildman–Crippen MR) is 45.2 cm³/mol. The number of terminal acetylenes is 1. The molecule has 14 heavy (non-hydrogen) atoms. The number of esters is 1. The molecule has 0 bridgehead atoms. The molecule has 0 radical (unpaired) electrons. The van der Waals surface area contributed by atoms with E-state index in [-0.39, 0.29) is 19.1 Å². The molecule has 0 N–H and O–H groups in total. The lowest BCUT2D eigenvalue weighted by Crippen LogP contribution is -2.41. The van der Waals surface area contributed by atoms with Crippen molar-refractivity contribution in [3.8, 4) is 12.3 Å². The largest absolute Gasteiger partial charge is 0.509 e. The number of rotatable bonds is 2. The Balaban J connectivity index is 2.52. The van der Waals surface area contributed by atoms with Crippen LogP contribution in [-0.2, 0) is 19.0 Å². The van der Waals surface area contributed by atoms with Crippen LogP contribution < -0.4 is 0 Å². The molecule has 0 saturated carbocycles. The van der Waals surface area contributed by atoms with E-state index in [1.165, 1.54) is 0 Å². The van der Waals surface area contributed by atoms with Crippen molar-refractivity contribution in [2.45, 2.75) is 13.0 Å². The third-order valence-corrected chi connectivity index (χ3v) is 1.73. The molecule has 0 aromatic carbocycles. The van der Waals surface area contributed by atoms with Gasteiger partial charge in [0, 0.05) is 5.92 Å². The first-order valence-electron chi connectivity index (χ1n) is 4.08. The van der Waals surface area contributed by atoms with E-state index in [4.69, 9.17) is 6.42 Å². The Bertz CT molecular complexity index is 277. The van der Waals surface area contributed by atoms with E-state index >= 15 is 0 Å². The molecule has 0 spiro atoms. The van der Waals surface area contributed by atoms with E-state index < -0.39 is 18.2 Å². The Hall–Kier alpha value is -1.70. The second-order valence-corrected chi connectivity index (χ2v) is 2.89. The third kappa shape index (κ3) is 2.39. The minimum absolute atomic E-state index is 0.125. The van der Waals surface area contributed by atoms with E-state index in [1.54, 1.807) is 6.92 Å². The van der Waals surface area contributed by atoms with Crippen molar-refractivity contribution in [2.24, 2.45) is 5.92 Å². The van der Waals surface area contributed by atoms with Gasteiger partial charge in [0.1, 0.15) is 6.61 Å². The molecule has 0 aliphatic carbocycles. The minimum Gasteiger partial charge on any atom is -0.450 e. The summed E-state index contributed by atoms with van der Waals surface area (Å²) < 4.78 is 13.9. The maximum Gasteiger partial charge on any atom is 0.509 e.